The minimum atomic E-state index is -4.54. The molecule has 30 heavy (non-hydrogen) atoms. The van der Waals surface area contributed by atoms with Crippen LogP contribution in [0.3, 0.4) is 0 Å². The molecule has 1 amide bonds. The summed E-state index contributed by atoms with van der Waals surface area (Å²) in [6, 6.07) is 9.19. The van der Waals surface area contributed by atoms with Crippen molar-refractivity contribution in [1.29, 1.82) is 0 Å². The number of nitrogens with zero attached hydrogens (tertiary/aromatic N) is 2. The van der Waals surface area contributed by atoms with E-state index in [1.165, 1.54) is 47.6 Å². The van der Waals surface area contributed by atoms with E-state index < -0.39 is 35.8 Å². The molecular weight excluding hydrogens is 404 g/mol. The van der Waals surface area contributed by atoms with E-state index in [0.717, 1.165) is 12.1 Å². The number of cyclic esters (lactones) is 1. The molecular formula is C21H16F4N2O3. The number of benzene rings is 2. The van der Waals surface area contributed by atoms with E-state index >= 15 is 0 Å². The Hall–Kier alpha value is -3.36. The summed E-state index contributed by atoms with van der Waals surface area (Å²) in [7, 11) is 0. The molecule has 2 aromatic carbocycles. The summed E-state index contributed by atoms with van der Waals surface area (Å²) >= 11 is 0. The van der Waals surface area contributed by atoms with E-state index in [1.54, 1.807) is 6.92 Å². The van der Waals surface area contributed by atoms with E-state index in [2.05, 4.69) is 4.98 Å². The molecule has 1 saturated heterocycles. The molecule has 0 radical (unpaired) electrons. The highest BCUT2D eigenvalue weighted by molar-refractivity contribution is 5.71. The first-order valence-corrected chi connectivity index (χ1v) is 9.03. The van der Waals surface area contributed by atoms with Gasteiger partial charge in [0.2, 0.25) is 5.89 Å². The molecule has 9 heteroatoms. The number of aryl methyl sites for hydroxylation is 1. The molecule has 1 aliphatic rings. The van der Waals surface area contributed by atoms with Gasteiger partial charge >= 0.3 is 12.3 Å². The minimum Gasteiger partial charge on any atom is -0.447 e. The van der Waals surface area contributed by atoms with Crippen molar-refractivity contribution < 1.29 is 31.5 Å². The van der Waals surface area contributed by atoms with Crippen molar-refractivity contribution in [2.45, 2.75) is 31.8 Å². The highest BCUT2D eigenvalue weighted by atomic mass is 19.4. The van der Waals surface area contributed by atoms with Crippen LogP contribution in [0.15, 0.2) is 59.2 Å². The third kappa shape index (κ3) is 3.87. The van der Waals surface area contributed by atoms with Crippen LogP contribution in [0.4, 0.5) is 22.4 Å². The number of halogens is 4. The molecule has 0 saturated carbocycles. The summed E-state index contributed by atoms with van der Waals surface area (Å²) in [5.41, 5.74) is 0.451. The molecule has 0 aliphatic carbocycles. The van der Waals surface area contributed by atoms with Gasteiger partial charge in [-0.25, -0.2) is 14.2 Å². The number of oxazole rings is 1. The average molecular weight is 420 g/mol. The molecule has 0 spiro atoms. The number of hydrogen-bond donors (Lipinski definition) is 0. The third-order valence-corrected chi connectivity index (χ3v) is 4.81. The molecule has 0 unspecified atom stereocenters. The standard InChI is InChI=1S/C21H16F4N2O3/c1-12-11-29-17(26-12)10-27-18(13-5-7-16(22)8-6-13)19(30-20(27)28)14-3-2-4-15(9-14)21(23,24)25/h2-9,11,18-19H,10H2,1H3/t18-,19+/m1/s1. The van der Waals surface area contributed by atoms with Gasteiger partial charge in [0.05, 0.1) is 11.3 Å². The molecule has 156 valence electrons. The van der Waals surface area contributed by atoms with Crippen LogP contribution in [0.2, 0.25) is 0 Å². The molecule has 0 bridgehead atoms. The Labute approximate surface area is 168 Å². The number of carbonyl (C=O) groups is 1. The van der Waals surface area contributed by atoms with Crippen LogP contribution in [0.5, 0.6) is 0 Å². The van der Waals surface area contributed by atoms with Gasteiger partial charge in [-0.2, -0.15) is 13.2 Å². The SMILES string of the molecule is Cc1coc(CN2C(=O)O[C@@H](c3cccc(C(F)(F)F)c3)[C@H]2c2ccc(F)cc2)n1. The summed E-state index contributed by atoms with van der Waals surface area (Å²) in [6.45, 7) is 1.67. The van der Waals surface area contributed by atoms with Crippen molar-refractivity contribution in [2.24, 2.45) is 0 Å². The third-order valence-electron chi connectivity index (χ3n) is 4.81. The highest BCUT2D eigenvalue weighted by Gasteiger charge is 2.45. The number of aromatic nitrogens is 1. The predicted molar refractivity (Wildman–Crippen MR) is 96.6 cm³/mol. The van der Waals surface area contributed by atoms with E-state index in [-0.39, 0.29) is 18.0 Å². The topological polar surface area (TPSA) is 55.6 Å². The Morgan fingerprint density at radius 1 is 1.10 bits per heavy atom. The van der Waals surface area contributed by atoms with Crippen LogP contribution in [-0.2, 0) is 17.5 Å². The molecule has 1 aliphatic heterocycles. The fourth-order valence-corrected chi connectivity index (χ4v) is 3.46. The van der Waals surface area contributed by atoms with Crippen molar-refractivity contribution in [3.8, 4) is 0 Å². The number of ether oxygens (including phenoxy) is 1. The monoisotopic (exact) mass is 420 g/mol. The van der Waals surface area contributed by atoms with Gasteiger partial charge in [0.15, 0.2) is 6.10 Å². The lowest BCUT2D eigenvalue weighted by molar-refractivity contribution is -0.137. The quantitative estimate of drug-likeness (QED) is 0.518. The van der Waals surface area contributed by atoms with Crippen LogP contribution in [-0.4, -0.2) is 16.0 Å². The van der Waals surface area contributed by atoms with Gasteiger partial charge in [-0.05, 0) is 42.3 Å². The first-order chi connectivity index (χ1) is 14.2. The molecule has 1 fully saturated rings. The zero-order valence-corrected chi connectivity index (χ0v) is 15.7. The summed E-state index contributed by atoms with van der Waals surface area (Å²) in [6.07, 6.45) is -4.88. The molecule has 2 atom stereocenters. The number of carbonyl (C=O) groups excluding carboxylic acids is 1. The van der Waals surface area contributed by atoms with Crippen molar-refractivity contribution in [3.05, 3.63) is 88.9 Å². The van der Waals surface area contributed by atoms with Gasteiger partial charge in [-0.3, -0.25) is 4.90 Å². The predicted octanol–water partition coefficient (Wildman–Crippen LogP) is 5.58. The van der Waals surface area contributed by atoms with Crippen LogP contribution < -0.4 is 0 Å². The zero-order valence-electron chi connectivity index (χ0n) is 15.7. The normalized spacial score (nSPS) is 19.2. The summed E-state index contributed by atoms with van der Waals surface area (Å²) < 4.78 is 63.8. The van der Waals surface area contributed by atoms with Crippen LogP contribution in [0.25, 0.3) is 0 Å². The summed E-state index contributed by atoms with van der Waals surface area (Å²) in [4.78, 5) is 18.1. The molecule has 3 aromatic rings. The Morgan fingerprint density at radius 2 is 1.83 bits per heavy atom. The summed E-state index contributed by atoms with van der Waals surface area (Å²) in [5, 5.41) is 0. The molecule has 0 N–H and O–H groups in total. The van der Waals surface area contributed by atoms with Crippen molar-refractivity contribution >= 4 is 6.09 Å². The van der Waals surface area contributed by atoms with Gasteiger partial charge in [-0.1, -0.05) is 24.3 Å². The maximum atomic E-state index is 13.4. The van der Waals surface area contributed by atoms with Crippen molar-refractivity contribution in [3.63, 3.8) is 0 Å². The van der Waals surface area contributed by atoms with Gasteiger partial charge in [0.1, 0.15) is 24.7 Å². The second-order valence-corrected chi connectivity index (χ2v) is 6.93. The fraction of sp³-hybridized carbons (Fsp3) is 0.238. The van der Waals surface area contributed by atoms with E-state index in [0.29, 0.717) is 11.3 Å². The highest BCUT2D eigenvalue weighted by Crippen LogP contribution is 2.44. The van der Waals surface area contributed by atoms with Crippen molar-refractivity contribution in [2.75, 3.05) is 0 Å². The number of alkyl halides is 3. The van der Waals surface area contributed by atoms with Gasteiger partial charge in [0, 0.05) is 0 Å². The fourth-order valence-electron chi connectivity index (χ4n) is 3.46. The van der Waals surface area contributed by atoms with Gasteiger partial charge in [-0.15, -0.1) is 0 Å². The zero-order chi connectivity index (χ0) is 21.5. The maximum absolute atomic E-state index is 13.4. The second kappa shape index (κ2) is 7.47. The minimum absolute atomic E-state index is 0.0514. The second-order valence-electron chi connectivity index (χ2n) is 6.93. The average Bonchev–Trinajstić information content (AvgIpc) is 3.25. The Bertz CT molecular complexity index is 1060. The molecule has 5 nitrogen and oxygen atoms in total. The Kier molecular flexibility index (Phi) is 4.97. The lowest BCUT2D eigenvalue weighted by Crippen LogP contribution is -2.28. The largest absolute Gasteiger partial charge is 0.447 e. The lowest BCUT2D eigenvalue weighted by Gasteiger charge is -2.24. The first-order valence-electron chi connectivity index (χ1n) is 9.03. The van der Waals surface area contributed by atoms with E-state index in [1.807, 2.05) is 0 Å². The molecule has 4 rings (SSSR count). The number of rotatable bonds is 4. The van der Waals surface area contributed by atoms with E-state index in [9.17, 15) is 22.4 Å². The van der Waals surface area contributed by atoms with E-state index in [4.69, 9.17) is 9.15 Å². The first kappa shape index (κ1) is 19.9. The summed E-state index contributed by atoms with van der Waals surface area (Å²) in [5.74, 6) is -0.226. The molecule has 1 aromatic heterocycles. The Morgan fingerprint density at radius 3 is 2.47 bits per heavy atom. The number of amides is 1. The number of hydrogen-bond acceptors (Lipinski definition) is 4. The van der Waals surface area contributed by atoms with Crippen molar-refractivity contribution in [1.82, 2.24) is 9.88 Å². The van der Waals surface area contributed by atoms with Crippen LogP contribution >= 0.6 is 0 Å². The van der Waals surface area contributed by atoms with Crippen LogP contribution in [0, 0.1) is 12.7 Å². The lowest BCUT2D eigenvalue weighted by atomic mass is 9.94. The maximum Gasteiger partial charge on any atom is 0.416 e. The smallest absolute Gasteiger partial charge is 0.416 e. The van der Waals surface area contributed by atoms with Gasteiger partial charge < -0.3 is 9.15 Å². The molecule has 2 heterocycles. The van der Waals surface area contributed by atoms with Crippen LogP contribution in [0.1, 0.15) is 40.4 Å². The van der Waals surface area contributed by atoms with Gasteiger partial charge in [0.25, 0.3) is 0 Å². The Balaban J connectivity index is 1.75.